The first-order chi connectivity index (χ1) is 6.59. The fourth-order valence-electron chi connectivity index (χ4n) is 0.372. The van der Waals surface area contributed by atoms with Gasteiger partial charge in [-0.25, -0.2) is 4.79 Å². The van der Waals surface area contributed by atoms with Gasteiger partial charge in [-0.05, 0) is 6.92 Å². The number of ether oxygens (including phenoxy) is 1. The molecular weight excluding hydrogens is 268 g/mol. The second-order valence-electron chi connectivity index (χ2n) is 2.30. The van der Waals surface area contributed by atoms with E-state index in [1.807, 2.05) is 0 Å². The van der Waals surface area contributed by atoms with Gasteiger partial charge < -0.3 is 13.6 Å². The Morgan fingerprint density at radius 1 is 1.43 bits per heavy atom. The Hall–Kier alpha value is -0.173. The van der Waals surface area contributed by atoms with Gasteiger partial charge in [-0.1, -0.05) is 22.5 Å². The van der Waals surface area contributed by atoms with Crippen molar-refractivity contribution in [3.05, 3.63) is 12.2 Å². The van der Waals surface area contributed by atoms with Gasteiger partial charge in [0.05, 0.1) is 0 Å². The molecule has 0 unspecified atom stereocenters. The number of esters is 1. The summed E-state index contributed by atoms with van der Waals surface area (Å²) in [5, 5.41) is 0.673. The Bertz CT molecular complexity index is 161. The molecule has 0 saturated carbocycles. The van der Waals surface area contributed by atoms with E-state index in [0.29, 0.717) is 17.5 Å². The molecule has 0 aliphatic carbocycles. The number of hydrogen-bond acceptors (Lipinski definition) is 4. The predicted molar refractivity (Wildman–Crippen MR) is 62.1 cm³/mol. The average molecular weight is 285 g/mol. The molecule has 0 spiro atoms. The Morgan fingerprint density at radius 2 is 1.93 bits per heavy atom. The summed E-state index contributed by atoms with van der Waals surface area (Å²) in [7, 11) is 2.73. The molecule has 0 fully saturated rings. The van der Waals surface area contributed by atoms with Crippen LogP contribution in [0.2, 0.25) is 0 Å². The SMILES string of the molecule is C=C(C)C(=O)OCCBr.CO[SiH2]OC. The lowest BCUT2D eigenvalue weighted by Crippen LogP contribution is -2.06. The highest BCUT2D eigenvalue weighted by Gasteiger charge is 1.99. The number of hydrogen-bond donors (Lipinski definition) is 0. The van der Waals surface area contributed by atoms with Crippen LogP contribution in [0.25, 0.3) is 0 Å². The summed E-state index contributed by atoms with van der Waals surface area (Å²) in [6.07, 6.45) is 0. The Labute approximate surface area is 95.8 Å². The molecule has 0 radical (unpaired) electrons. The summed E-state index contributed by atoms with van der Waals surface area (Å²) in [6.45, 7) is 5.45. The van der Waals surface area contributed by atoms with Gasteiger partial charge in [-0.15, -0.1) is 0 Å². The fraction of sp³-hybridized carbons (Fsp3) is 0.625. The predicted octanol–water partition coefficient (Wildman–Crippen LogP) is 0.779. The lowest BCUT2D eigenvalue weighted by Gasteiger charge is -1.98. The van der Waals surface area contributed by atoms with Gasteiger partial charge in [0.1, 0.15) is 6.61 Å². The van der Waals surface area contributed by atoms with Crippen molar-refractivity contribution >= 4 is 31.9 Å². The summed E-state index contributed by atoms with van der Waals surface area (Å²) in [5.74, 6) is -0.325. The third kappa shape index (κ3) is 14.4. The van der Waals surface area contributed by atoms with Gasteiger partial charge >= 0.3 is 16.0 Å². The maximum atomic E-state index is 10.6. The van der Waals surface area contributed by atoms with Crippen LogP contribution in [-0.4, -0.2) is 42.1 Å². The number of alkyl halides is 1. The number of halogens is 1. The number of carbonyl (C=O) groups excluding carboxylic acids is 1. The first-order valence-corrected chi connectivity index (χ1v) is 6.24. The van der Waals surface area contributed by atoms with Crippen LogP contribution in [0.3, 0.4) is 0 Å². The van der Waals surface area contributed by atoms with Crippen molar-refractivity contribution in [3.8, 4) is 0 Å². The second-order valence-corrected chi connectivity index (χ2v) is 4.48. The quantitative estimate of drug-likeness (QED) is 0.324. The Kier molecular flexibility index (Phi) is 14.9. The summed E-state index contributed by atoms with van der Waals surface area (Å²) < 4.78 is 13.9. The summed E-state index contributed by atoms with van der Waals surface area (Å²) in [4.78, 5) is 10.6. The smallest absolute Gasteiger partial charge is 0.333 e. The molecule has 0 atom stereocenters. The summed E-state index contributed by atoms with van der Waals surface area (Å²) >= 11 is 3.12. The molecule has 0 aromatic heterocycles. The van der Waals surface area contributed by atoms with Crippen LogP contribution in [0.1, 0.15) is 6.92 Å². The van der Waals surface area contributed by atoms with Crippen LogP contribution in [0.5, 0.6) is 0 Å². The number of rotatable bonds is 5. The van der Waals surface area contributed by atoms with Crippen LogP contribution in [0.4, 0.5) is 0 Å². The molecule has 84 valence electrons. The minimum Gasteiger partial charge on any atom is -0.461 e. The van der Waals surface area contributed by atoms with E-state index in [9.17, 15) is 4.79 Å². The highest BCUT2D eigenvalue weighted by atomic mass is 79.9. The van der Waals surface area contributed by atoms with Crippen molar-refractivity contribution in [2.75, 3.05) is 26.2 Å². The Balaban J connectivity index is 0. The van der Waals surface area contributed by atoms with Crippen LogP contribution >= 0.6 is 15.9 Å². The molecule has 0 N–H and O–H groups in total. The Morgan fingerprint density at radius 3 is 2.14 bits per heavy atom. The highest BCUT2D eigenvalue weighted by molar-refractivity contribution is 9.09. The molecule has 0 saturated heterocycles. The van der Waals surface area contributed by atoms with E-state index >= 15 is 0 Å². The lowest BCUT2D eigenvalue weighted by molar-refractivity contribution is -0.138. The zero-order valence-electron chi connectivity index (χ0n) is 8.84. The van der Waals surface area contributed by atoms with E-state index in [4.69, 9.17) is 0 Å². The van der Waals surface area contributed by atoms with Gasteiger partial charge in [-0.3, -0.25) is 0 Å². The fourth-order valence-corrected chi connectivity index (χ4v) is 0.770. The summed E-state index contributed by atoms with van der Waals surface area (Å²) in [6, 6.07) is 0. The van der Waals surface area contributed by atoms with Crippen molar-refractivity contribution in [3.63, 3.8) is 0 Å². The standard InChI is InChI=1S/C6H9BrO2.C2H8O2Si/c1-5(2)6(8)9-4-3-7;1-3-5-4-2/h1,3-4H2,2H3;5H2,1-2H3. The minimum absolute atomic E-state index is 0.325. The van der Waals surface area contributed by atoms with E-state index in [2.05, 4.69) is 36.1 Å². The zero-order chi connectivity index (χ0) is 11.4. The third-order valence-electron chi connectivity index (χ3n) is 0.894. The topological polar surface area (TPSA) is 44.8 Å². The molecule has 0 aromatic carbocycles. The van der Waals surface area contributed by atoms with Crippen molar-refractivity contribution < 1.29 is 18.4 Å². The van der Waals surface area contributed by atoms with E-state index < -0.39 is 10.0 Å². The largest absolute Gasteiger partial charge is 0.461 e. The molecule has 0 heterocycles. The van der Waals surface area contributed by atoms with Crippen molar-refractivity contribution in [2.24, 2.45) is 0 Å². The van der Waals surface area contributed by atoms with E-state index in [1.165, 1.54) is 0 Å². The molecule has 0 amide bonds. The molecule has 0 aliphatic heterocycles. The van der Waals surface area contributed by atoms with E-state index in [-0.39, 0.29) is 5.97 Å². The molecule has 4 nitrogen and oxygen atoms in total. The molecule has 6 heteroatoms. The van der Waals surface area contributed by atoms with Crippen LogP contribution in [0, 0.1) is 0 Å². The monoisotopic (exact) mass is 284 g/mol. The van der Waals surface area contributed by atoms with Crippen molar-refractivity contribution in [1.82, 2.24) is 0 Å². The maximum Gasteiger partial charge on any atom is 0.333 e. The van der Waals surface area contributed by atoms with E-state index in [0.717, 1.165) is 0 Å². The third-order valence-corrected chi connectivity index (χ3v) is 1.69. The van der Waals surface area contributed by atoms with Gasteiger partial charge in [0.2, 0.25) is 0 Å². The highest BCUT2D eigenvalue weighted by Crippen LogP contribution is 1.92. The van der Waals surface area contributed by atoms with E-state index in [1.54, 1.807) is 21.1 Å². The van der Waals surface area contributed by atoms with Crippen LogP contribution < -0.4 is 0 Å². The first kappa shape index (κ1) is 16.3. The molecule has 0 rings (SSSR count). The molecule has 0 aliphatic rings. The zero-order valence-corrected chi connectivity index (χ0v) is 11.8. The second kappa shape index (κ2) is 12.8. The van der Waals surface area contributed by atoms with Gasteiger partial charge in [0.25, 0.3) is 0 Å². The summed E-state index contributed by atoms with van der Waals surface area (Å²) in [5.41, 5.74) is 0.441. The van der Waals surface area contributed by atoms with Gasteiger partial charge in [0, 0.05) is 25.1 Å². The first-order valence-electron chi connectivity index (χ1n) is 3.96. The lowest BCUT2D eigenvalue weighted by atomic mass is 10.4. The van der Waals surface area contributed by atoms with Crippen molar-refractivity contribution in [1.29, 1.82) is 0 Å². The molecule has 0 bridgehead atoms. The average Bonchev–Trinajstić information content (AvgIpc) is 2.16. The molecule has 14 heavy (non-hydrogen) atoms. The normalized spacial score (nSPS) is 8.57. The van der Waals surface area contributed by atoms with Gasteiger partial charge in [-0.2, -0.15) is 0 Å². The maximum absolute atomic E-state index is 10.6. The van der Waals surface area contributed by atoms with Crippen molar-refractivity contribution in [2.45, 2.75) is 6.92 Å². The van der Waals surface area contributed by atoms with Crippen LogP contribution in [0.15, 0.2) is 12.2 Å². The van der Waals surface area contributed by atoms with Gasteiger partial charge in [0.15, 0.2) is 0 Å². The number of carbonyl (C=O) groups is 1. The molecule has 0 aromatic rings. The minimum atomic E-state index is -0.568. The molecular formula is C8H17BrO4Si. The van der Waals surface area contributed by atoms with Crippen LogP contribution in [-0.2, 0) is 18.4 Å².